The van der Waals surface area contributed by atoms with Crippen molar-refractivity contribution in [2.24, 2.45) is 0 Å². The minimum atomic E-state index is -0.291. The lowest BCUT2D eigenvalue weighted by Gasteiger charge is -2.16. The lowest BCUT2D eigenvalue weighted by atomic mass is 10.0. The molecule has 20 heavy (non-hydrogen) atoms. The zero-order valence-corrected chi connectivity index (χ0v) is 14.9. The summed E-state index contributed by atoms with van der Waals surface area (Å²) in [4.78, 5) is 0. The first-order chi connectivity index (χ1) is 9.56. The van der Waals surface area contributed by atoms with Crippen molar-refractivity contribution in [3.05, 3.63) is 56.5 Å². The van der Waals surface area contributed by atoms with Crippen LogP contribution in [0.25, 0.3) is 0 Å². The van der Waals surface area contributed by atoms with Gasteiger partial charge in [-0.3, -0.25) is 0 Å². The van der Waals surface area contributed by atoms with Crippen molar-refractivity contribution < 1.29 is 9.47 Å². The molecule has 2 aromatic rings. The van der Waals surface area contributed by atoms with Crippen LogP contribution < -0.4 is 9.47 Å². The molecule has 5 heteroatoms. The Balaban J connectivity index is 2.40. The molecule has 106 valence electrons. The van der Waals surface area contributed by atoms with Crippen LogP contribution in [0.1, 0.15) is 16.5 Å². The second kappa shape index (κ2) is 6.83. The van der Waals surface area contributed by atoms with Gasteiger partial charge in [0.05, 0.1) is 24.1 Å². The van der Waals surface area contributed by atoms with Gasteiger partial charge < -0.3 is 9.47 Å². The van der Waals surface area contributed by atoms with E-state index in [-0.39, 0.29) is 5.38 Å². The number of hydrogen-bond acceptors (Lipinski definition) is 2. The van der Waals surface area contributed by atoms with Crippen LogP contribution in [0, 0.1) is 0 Å². The van der Waals surface area contributed by atoms with Crippen LogP contribution in [-0.2, 0) is 0 Å². The first-order valence-corrected chi connectivity index (χ1v) is 7.90. The molecule has 0 spiro atoms. The summed E-state index contributed by atoms with van der Waals surface area (Å²) in [6, 6.07) is 11.6. The topological polar surface area (TPSA) is 18.5 Å². The highest BCUT2D eigenvalue weighted by atomic mass is 79.9. The van der Waals surface area contributed by atoms with E-state index in [1.54, 1.807) is 14.2 Å². The van der Waals surface area contributed by atoms with Gasteiger partial charge in [-0.2, -0.15) is 0 Å². The van der Waals surface area contributed by atoms with Crippen LogP contribution in [0.4, 0.5) is 0 Å². The standard InChI is InChI=1S/C15H13Br2ClO2/c1-19-13-6-3-9(7-12(13)17)15(18)11-5-4-10(16)8-14(11)20-2/h3-8,15H,1-2H3. The molecule has 1 unspecified atom stereocenters. The number of halogens is 3. The van der Waals surface area contributed by atoms with Gasteiger partial charge in [0.2, 0.25) is 0 Å². The van der Waals surface area contributed by atoms with E-state index in [2.05, 4.69) is 31.9 Å². The van der Waals surface area contributed by atoms with Gasteiger partial charge >= 0.3 is 0 Å². The molecule has 0 aliphatic rings. The maximum Gasteiger partial charge on any atom is 0.133 e. The fraction of sp³-hybridized carbons (Fsp3) is 0.200. The first kappa shape index (κ1) is 15.7. The van der Waals surface area contributed by atoms with Crippen molar-refractivity contribution in [3.63, 3.8) is 0 Å². The predicted octanol–water partition coefficient (Wildman–Crippen LogP) is 5.56. The molecule has 0 amide bonds. The summed E-state index contributed by atoms with van der Waals surface area (Å²) in [5.74, 6) is 1.53. The van der Waals surface area contributed by atoms with Crippen LogP contribution in [0.2, 0.25) is 0 Å². The molecule has 1 atom stereocenters. The zero-order chi connectivity index (χ0) is 14.7. The molecule has 0 N–H and O–H groups in total. The molecular formula is C15H13Br2ClO2. The Morgan fingerprint density at radius 2 is 1.65 bits per heavy atom. The summed E-state index contributed by atoms with van der Waals surface area (Å²) < 4.78 is 12.4. The van der Waals surface area contributed by atoms with E-state index in [0.29, 0.717) is 0 Å². The SMILES string of the molecule is COc1ccc(C(Cl)c2ccc(Br)cc2OC)cc1Br. The van der Waals surface area contributed by atoms with Gasteiger partial charge in [0.25, 0.3) is 0 Å². The molecule has 0 aliphatic carbocycles. The Kier molecular flexibility index (Phi) is 5.35. The van der Waals surface area contributed by atoms with Gasteiger partial charge in [0.1, 0.15) is 11.5 Å². The molecule has 0 fully saturated rings. The molecule has 0 saturated heterocycles. The fourth-order valence-electron chi connectivity index (χ4n) is 1.91. The average molecular weight is 421 g/mol. The average Bonchev–Trinajstić information content (AvgIpc) is 2.46. The summed E-state index contributed by atoms with van der Waals surface area (Å²) in [6.45, 7) is 0. The van der Waals surface area contributed by atoms with E-state index in [9.17, 15) is 0 Å². The highest BCUT2D eigenvalue weighted by Gasteiger charge is 2.17. The second-order valence-corrected chi connectivity index (χ2v) is 6.35. The molecule has 2 rings (SSSR count). The molecule has 0 aromatic heterocycles. The number of ether oxygens (including phenoxy) is 2. The molecule has 0 bridgehead atoms. The Hall–Kier alpha value is -0.710. The fourth-order valence-corrected chi connectivity index (χ4v) is 3.13. The second-order valence-electron chi connectivity index (χ2n) is 4.14. The molecule has 0 aliphatic heterocycles. The third-order valence-corrected chi connectivity index (χ3v) is 4.54. The van der Waals surface area contributed by atoms with Crippen molar-refractivity contribution in [2.75, 3.05) is 14.2 Å². The third kappa shape index (κ3) is 3.30. The molecule has 2 aromatic carbocycles. The van der Waals surface area contributed by atoms with Gasteiger partial charge in [-0.15, -0.1) is 11.6 Å². The van der Waals surface area contributed by atoms with Crippen LogP contribution >= 0.6 is 43.5 Å². The van der Waals surface area contributed by atoms with E-state index < -0.39 is 0 Å². The van der Waals surface area contributed by atoms with Gasteiger partial charge in [0.15, 0.2) is 0 Å². The third-order valence-electron chi connectivity index (χ3n) is 2.94. The van der Waals surface area contributed by atoms with Gasteiger partial charge in [-0.1, -0.05) is 28.1 Å². The number of methoxy groups -OCH3 is 2. The molecular weight excluding hydrogens is 407 g/mol. The van der Waals surface area contributed by atoms with Crippen LogP contribution in [0.3, 0.4) is 0 Å². The monoisotopic (exact) mass is 418 g/mol. The maximum absolute atomic E-state index is 6.58. The van der Waals surface area contributed by atoms with E-state index in [4.69, 9.17) is 21.1 Å². The van der Waals surface area contributed by atoms with Crippen molar-refractivity contribution in [1.29, 1.82) is 0 Å². The summed E-state index contributed by atoms with van der Waals surface area (Å²) >= 11 is 13.5. The van der Waals surface area contributed by atoms with E-state index in [1.165, 1.54) is 0 Å². The predicted molar refractivity (Wildman–Crippen MR) is 89.1 cm³/mol. The number of alkyl halides is 1. The number of hydrogen-bond donors (Lipinski definition) is 0. The van der Waals surface area contributed by atoms with Crippen LogP contribution in [0.15, 0.2) is 45.3 Å². The molecule has 0 radical (unpaired) electrons. The quantitative estimate of drug-likeness (QED) is 0.603. The first-order valence-electron chi connectivity index (χ1n) is 5.87. The molecule has 0 heterocycles. The van der Waals surface area contributed by atoms with Gasteiger partial charge in [-0.25, -0.2) is 0 Å². The van der Waals surface area contributed by atoms with Crippen LogP contribution in [0.5, 0.6) is 11.5 Å². The zero-order valence-electron chi connectivity index (χ0n) is 11.0. The Labute approximate surface area is 140 Å². The van der Waals surface area contributed by atoms with Crippen molar-refractivity contribution in [1.82, 2.24) is 0 Å². The lowest BCUT2D eigenvalue weighted by molar-refractivity contribution is 0.409. The smallest absolute Gasteiger partial charge is 0.133 e. The highest BCUT2D eigenvalue weighted by molar-refractivity contribution is 9.10. The van der Waals surface area contributed by atoms with Crippen LogP contribution in [-0.4, -0.2) is 14.2 Å². The maximum atomic E-state index is 6.58. The Bertz CT molecular complexity index is 617. The lowest BCUT2D eigenvalue weighted by Crippen LogP contribution is -1.98. The highest BCUT2D eigenvalue weighted by Crippen LogP contribution is 2.38. The van der Waals surface area contributed by atoms with Gasteiger partial charge in [0, 0.05) is 10.0 Å². The van der Waals surface area contributed by atoms with Gasteiger partial charge in [-0.05, 0) is 45.8 Å². The largest absolute Gasteiger partial charge is 0.496 e. The minimum absolute atomic E-state index is 0.291. The van der Waals surface area contributed by atoms with E-state index in [0.717, 1.165) is 31.6 Å². The minimum Gasteiger partial charge on any atom is -0.496 e. The normalized spacial score (nSPS) is 12.1. The van der Waals surface area contributed by atoms with Crippen molar-refractivity contribution in [2.45, 2.75) is 5.38 Å². The summed E-state index contributed by atoms with van der Waals surface area (Å²) in [5.41, 5.74) is 1.90. The Morgan fingerprint density at radius 1 is 0.950 bits per heavy atom. The van der Waals surface area contributed by atoms with E-state index >= 15 is 0 Å². The van der Waals surface area contributed by atoms with Crippen molar-refractivity contribution in [3.8, 4) is 11.5 Å². The summed E-state index contributed by atoms with van der Waals surface area (Å²) in [5, 5.41) is -0.291. The molecule has 0 saturated carbocycles. The Morgan fingerprint density at radius 3 is 2.25 bits per heavy atom. The summed E-state index contributed by atoms with van der Waals surface area (Å²) in [6.07, 6.45) is 0. The number of benzene rings is 2. The van der Waals surface area contributed by atoms with E-state index in [1.807, 2.05) is 36.4 Å². The van der Waals surface area contributed by atoms with Crippen molar-refractivity contribution >= 4 is 43.5 Å². The number of rotatable bonds is 4. The summed E-state index contributed by atoms with van der Waals surface area (Å²) in [7, 11) is 3.27. The molecule has 2 nitrogen and oxygen atoms in total.